The summed E-state index contributed by atoms with van der Waals surface area (Å²) < 4.78 is 27.2. The highest BCUT2D eigenvalue weighted by Gasteiger charge is 2.77. The first kappa shape index (κ1) is 16.5. The Hall–Kier alpha value is -1.31. The van der Waals surface area contributed by atoms with Gasteiger partial charge in [0.05, 0.1) is 32.8 Å². The second-order valence-corrected chi connectivity index (χ2v) is 8.70. The second kappa shape index (κ2) is 4.62. The molecule has 1 aromatic rings. The van der Waals surface area contributed by atoms with Gasteiger partial charge in [-0.05, 0) is 32.4 Å². The Kier molecular flexibility index (Phi) is 3.32. The maximum atomic E-state index is 12.5. The van der Waals surface area contributed by atoms with Crippen LogP contribution in [-0.2, 0) is 19.7 Å². The number of hydrogen-bond acceptors (Lipinski definition) is 5. The summed E-state index contributed by atoms with van der Waals surface area (Å²) in [6.45, 7) is 3.50. The average molecular weight is 378 g/mol. The number of carbonyl (C=O) groups is 2. The van der Waals surface area contributed by atoms with E-state index in [1.807, 2.05) is 0 Å². The maximum absolute atomic E-state index is 12.5. The summed E-state index contributed by atoms with van der Waals surface area (Å²) in [6, 6.07) is 2.59. The number of imide groups is 1. The number of hydrogen-bond donors (Lipinski definition) is 0. The van der Waals surface area contributed by atoms with E-state index in [4.69, 9.17) is 27.4 Å². The number of rotatable bonds is 3. The molecule has 1 aromatic carbocycles. The summed E-state index contributed by atoms with van der Waals surface area (Å²) >= 11 is 12.0. The summed E-state index contributed by atoms with van der Waals surface area (Å²) in [5, 5.41) is -0.205. The molecule has 1 heterocycles. The van der Waals surface area contributed by atoms with Gasteiger partial charge in [-0.25, -0.2) is 4.90 Å². The van der Waals surface area contributed by atoms with E-state index in [2.05, 4.69) is 0 Å². The van der Waals surface area contributed by atoms with Crippen LogP contribution in [0.25, 0.3) is 0 Å². The van der Waals surface area contributed by atoms with Crippen molar-refractivity contribution in [2.45, 2.75) is 20.3 Å². The lowest BCUT2D eigenvalue weighted by atomic mass is 10.00. The number of fused-ring (bicyclic) bond motifs is 1. The Balaban J connectivity index is 2.03. The minimum atomic E-state index is -3.81. The summed E-state index contributed by atoms with van der Waals surface area (Å²) in [7, 11) is -3.81. The molecule has 0 bridgehead atoms. The molecular weight excluding hydrogens is 365 g/mol. The van der Waals surface area contributed by atoms with Gasteiger partial charge in [-0.3, -0.25) is 9.59 Å². The highest BCUT2D eigenvalue weighted by atomic mass is 35.5. The summed E-state index contributed by atoms with van der Waals surface area (Å²) in [4.78, 5) is 26.1. The second-order valence-electron chi connectivity index (χ2n) is 6.31. The summed E-state index contributed by atoms with van der Waals surface area (Å²) in [5.41, 5.74) is -1.21. The fourth-order valence-corrected chi connectivity index (χ4v) is 4.14. The molecule has 2 fully saturated rings. The molecule has 1 saturated carbocycles. The molecule has 6 nitrogen and oxygen atoms in total. The number of nitrogens with zero attached hydrogens (tertiary/aromatic N) is 1. The largest absolute Gasteiger partial charge is 0.379 e. The molecule has 0 radical (unpaired) electrons. The van der Waals surface area contributed by atoms with E-state index in [1.165, 1.54) is 12.1 Å². The standard InChI is InChI=1S/C14H13Cl2NO5S/c1-13-6-14(13,2)12(19)17(11(13)18)7-4-8(15)10(9(16)5-7)22-23(3,20)21/h4-5H,6H2,1-3H3. The van der Waals surface area contributed by atoms with Crippen LogP contribution in [0.4, 0.5) is 5.69 Å². The van der Waals surface area contributed by atoms with Gasteiger partial charge in [0.2, 0.25) is 11.8 Å². The first-order valence-electron chi connectivity index (χ1n) is 6.68. The third-order valence-corrected chi connectivity index (χ3v) is 5.66. The molecule has 124 valence electrons. The van der Waals surface area contributed by atoms with Crippen LogP contribution in [0.5, 0.6) is 5.75 Å². The lowest BCUT2D eigenvalue weighted by molar-refractivity contribution is -0.125. The van der Waals surface area contributed by atoms with Gasteiger partial charge < -0.3 is 4.18 Å². The Labute approximate surface area is 143 Å². The predicted molar refractivity (Wildman–Crippen MR) is 85.3 cm³/mol. The monoisotopic (exact) mass is 377 g/mol. The van der Waals surface area contributed by atoms with Crippen LogP contribution >= 0.6 is 23.2 Å². The summed E-state index contributed by atoms with van der Waals surface area (Å²) in [6.07, 6.45) is 1.38. The predicted octanol–water partition coefficient (Wildman–Crippen LogP) is 2.62. The highest BCUT2D eigenvalue weighted by Crippen LogP contribution is 2.69. The van der Waals surface area contributed by atoms with Crippen molar-refractivity contribution in [2.24, 2.45) is 10.8 Å². The molecule has 1 aliphatic carbocycles. The van der Waals surface area contributed by atoms with Crippen LogP contribution in [0, 0.1) is 10.8 Å². The summed E-state index contributed by atoms with van der Waals surface area (Å²) in [5.74, 6) is -0.857. The van der Waals surface area contributed by atoms with E-state index in [-0.39, 0.29) is 33.3 Å². The zero-order valence-corrected chi connectivity index (χ0v) is 14.8. The fourth-order valence-electron chi connectivity index (χ4n) is 3.01. The molecule has 2 unspecified atom stereocenters. The highest BCUT2D eigenvalue weighted by molar-refractivity contribution is 7.86. The molecule has 2 aliphatic rings. The number of anilines is 1. The van der Waals surface area contributed by atoms with Gasteiger partial charge in [0.25, 0.3) is 0 Å². The molecule has 0 spiro atoms. The quantitative estimate of drug-likeness (QED) is 0.597. The minimum Gasteiger partial charge on any atom is -0.379 e. The average Bonchev–Trinajstić information content (AvgIpc) is 2.94. The van der Waals surface area contributed by atoms with E-state index in [0.29, 0.717) is 6.42 Å². The van der Waals surface area contributed by atoms with Gasteiger partial charge in [0.15, 0.2) is 5.75 Å². The molecule has 2 amide bonds. The molecular formula is C14H13Cl2NO5S. The van der Waals surface area contributed by atoms with E-state index in [9.17, 15) is 18.0 Å². The lowest BCUT2D eigenvalue weighted by Crippen LogP contribution is -2.35. The van der Waals surface area contributed by atoms with Crippen LogP contribution in [0.15, 0.2) is 12.1 Å². The van der Waals surface area contributed by atoms with E-state index in [0.717, 1.165) is 11.2 Å². The molecule has 2 atom stereocenters. The normalized spacial score (nSPS) is 29.7. The smallest absolute Gasteiger partial charge is 0.306 e. The third kappa shape index (κ3) is 2.25. The topological polar surface area (TPSA) is 80.8 Å². The minimum absolute atomic E-state index is 0.102. The number of carbonyl (C=O) groups excluding carboxylic acids is 2. The number of amides is 2. The molecule has 3 rings (SSSR count). The Morgan fingerprint density at radius 3 is 1.91 bits per heavy atom. The zero-order valence-electron chi connectivity index (χ0n) is 12.5. The number of benzene rings is 1. The molecule has 23 heavy (non-hydrogen) atoms. The van der Waals surface area contributed by atoms with Gasteiger partial charge in [0, 0.05) is 0 Å². The third-order valence-electron chi connectivity index (χ3n) is 4.63. The maximum Gasteiger partial charge on any atom is 0.306 e. The Morgan fingerprint density at radius 1 is 1.09 bits per heavy atom. The SMILES string of the molecule is CC12CC1(C)C(=O)N(c1cc(Cl)c(OS(C)(=O)=O)c(Cl)c1)C2=O. The van der Waals surface area contributed by atoms with Crippen molar-refractivity contribution in [3.63, 3.8) is 0 Å². The fraction of sp³-hybridized carbons (Fsp3) is 0.429. The van der Waals surface area contributed by atoms with Gasteiger partial charge >= 0.3 is 10.1 Å². The van der Waals surface area contributed by atoms with Crippen molar-refractivity contribution in [3.8, 4) is 5.75 Å². The van der Waals surface area contributed by atoms with Crippen LogP contribution in [0.3, 0.4) is 0 Å². The van der Waals surface area contributed by atoms with E-state index >= 15 is 0 Å². The van der Waals surface area contributed by atoms with Crippen molar-refractivity contribution < 1.29 is 22.2 Å². The van der Waals surface area contributed by atoms with Crippen LogP contribution in [0.1, 0.15) is 20.3 Å². The zero-order chi connectivity index (χ0) is 17.4. The molecule has 0 aromatic heterocycles. The van der Waals surface area contributed by atoms with Crippen molar-refractivity contribution in [3.05, 3.63) is 22.2 Å². The van der Waals surface area contributed by atoms with E-state index in [1.54, 1.807) is 13.8 Å². The Bertz CT molecular complexity index is 819. The van der Waals surface area contributed by atoms with Gasteiger partial charge in [-0.15, -0.1) is 0 Å². The molecule has 0 N–H and O–H groups in total. The van der Waals surface area contributed by atoms with Gasteiger partial charge in [0.1, 0.15) is 0 Å². The molecule has 9 heteroatoms. The first-order valence-corrected chi connectivity index (χ1v) is 9.25. The first-order chi connectivity index (χ1) is 10.4. The Morgan fingerprint density at radius 2 is 1.52 bits per heavy atom. The van der Waals surface area contributed by atoms with Crippen LogP contribution in [-0.4, -0.2) is 26.5 Å². The number of piperidine rings is 1. The van der Waals surface area contributed by atoms with Crippen molar-refractivity contribution in [1.82, 2.24) is 0 Å². The van der Waals surface area contributed by atoms with Crippen molar-refractivity contribution in [2.75, 3.05) is 11.2 Å². The van der Waals surface area contributed by atoms with Crippen LogP contribution < -0.4 is 9.08 Å². The van der Waals surface area contributed by atoms with Gasteiger partial charge in [-0.2, -0.15) is 8.42 Å². The van der Waals surface area contributed by atoms with E-state index < -0.39 is 20.9 Å². The van der Waals surface area contributed by atoms with Crippen LogP contribution in [0.2, 0.25) is 10.0 Å². The number of halogens is 2. The van der Waals surface area contributed by atoms with Crippen molar-refractivity contribution >= 4 is 50.8 Å². The van der Waals surface area contributed by atoms with Crippen molar-refractivity contribution in [1.29, 1.82) is 0 Å². The van der Waals surface area contributed by atoms with Gasteiger partial charge in [-0.1, -0.05) is 23.2 Å². The molecule has 1 saturated heterocycles. The lowest BCUT2D eigenvalue weighted by Gasteiger charge is -2.20. The molecule has 1 aliphatic heterocycles.